The van der Waals surface area contributed by atoms with Gasteiger partial charge in [-0.25, -0.2) is 4.39 Å². The number of hydrogen-bond donors (Lipinski definition) is 0. The second-order valence-electron chi connectivity index (χ2n) is 6.42. The van der Waals surface area contributed by atoms with E-state index in [-0.39, 0.29) is 17.1 Å². The smallest absolute Gasteiger partial charge is 0.244 e. The predicted molar refractivity (Wildman–Crippen MR) is 79.4 cm³/mol. The Hall–Kier alpha value is -1.46. The average molecular weight is 294 g/mol. The van der Waals surface area contributed by atoms with Crippen molar-refractivity contribution in [2.75, 3.05) is 40.9 Å². The number of carbonyl (C=O) groups excluding carboxylic acids is 1. The number of benzene rings is 1. The van der Waals surface area contributed by atoms with Gasteiger partial charge in [0.1, 0.15) is 11.9 Å². The van der Waals surface area contributed by atoms with Crippen LogP contribution in [0, 0.1) is 11.2 Å². The van der Waals surface area contributed by atoms with Gasteiger partial charge in [-0.2, -0.15) is 0 Å². The number of amides is 1. The van der Waals surface area contributed by atoms with Crippen LogP contribution >= 0.6 is 0 Å². The van der Waals surface area contributed by atoms with Crippen LogP contribution in [-0.2, 0) is 9.53 Å². The van der Waals surface area contributed by atoms with Gasteiger partial charge in [0, 0.05) is 19.0 Å². The fourth-order valence-electron chi connectivity index (χ4n) is 2.71. The zero-order chi connectivity index (χ0) is 15.6. The molecule has 1 heterocycles. The van der Waals surface area contributed by atoms with Gasteiger partial charge in [-0.05, 0) is 31.8 Å². The summed E-state index contributed by atoms with van der Waals surface area (Å²) in [6.07, 6.45) is 0. The molecule has 1 aliphatic rings. The maximum Gasteiger partial charge on any atom is 0.244 e. The number of ether oxygens (including phenoxy) is 1. The third-order valence-electron chi connectivity index (χ3n) is 3.83. The molecule has 0 spiro atoms. The first kappa shape index (κ1) is 15.9. The van der Waals surface area contributed by atoms with Crippen molar-refractivity contribution in [3.05, 3.63) is 35.6 Å². The average Bonchev–Trinajstić information content (AvgIpc) is 2.39. The van der Waals surface area contributed by atoms with Crippen molar-refractivity contribution in [1.82, 2.24) is 9.80 Å². The summed E-state index contributed by atoms with van der Waals surface area (Å²) in [5, 5.41) is 0. The minimum absolute atomic E-state index is 0.0136. The molecule has 1 saturated heterocycles. The van der Waals surface area contributed by atoms with E-state index < -0.39 is 6.04 Å². The normalized spacial score (nSPS) is 18.2. The van der Waals surface area contributed by atoms with Gasteiger partial charge in [-0.1, -0.05) is 19.1 Å². The molecule has 0 unspecified atom stereocenters. The molecule has 1 aromatic rings. The van der Waals surface area contributed by atoms with Crippen LogP contribution < -0.4 is 0 Å². The van der Waals surface area contributed by atoms with Crippen molar-refractivity contribution in [2.45, 2.75) is 13.0 Å². The maximum atomic E-state index is 13.1. The number of nitrogens with zero attached hydrogens (tertiary/aromatic N) is 2. The van der Waals surface area contributed by atoms with Crippen LogP contribution in [0.1, 0.15) is 18.5 Å². The summed E-state index contributed by atoms with van der Waals surface area (Å²) in [4.78, 5) is 16.3. The summed E-state index contributed by atoms with van der Waals surface area (Å²) in [5.74, 6) is -0.282. The number of hydrogen-bond acceptors (Lipinski definition) is 3. The fraction of sp³-hybridized carbons (Fsp3) is 0.562. The molecule has 1 atom stereocenters. The van der Waals surface area contributed by atoms with E-state index in [0.29, 0.717) is 19.8 Å². The van der Waals surface area contributed by atoms with Gasteiger partial charge in [-0.15, -0.1) is 0 Å². The lowest BCUT2D eigenvalue weighted by molar-refractivity contribution is -0.146. The van der Waals surface area contributed by atoms with Crippen LogP contribution in [0.3, 0.4) is 0 Å². The van der Waals surface area contributed by atoms with Crippen molar-refractivity contribution in [3.8, 4) is 0 Å². The first-order valence-electron chi connectivity index (χ1n) is 7.07. The third kappa shape index (κ3) is 3.60. The van der Waals surface area contributed by atoms with E-state index in [1.165, 1.54) is 12.1 Å². The number of carbonyl (C=O) groups is 1. The molecule has 5 heteroatoms. The maximum absolute atomic E-state index is 13.1. The van der Waals surface area contributed by atoms with Crippen LogP contribution in [0.2, 0.25) is 0 Å². The third-order valence-corrected chi connectivity index (χ3v) is 3.83. The first-order valence-corrected chi connectivity index (χ1v) is 7.07. The van der Waals surface area contributed by atoms with E-state index in [9.17, 15) is 9.18 Å². The molecule has 21 heavy (non-hydrogen) atoms. The Morgan fingerprint density at radius 3 is 2.29 bits per heavy atom. The van der Waals surface area contributed by atoms with E-state index in [0.717, 1.165) is 5.56 Å². The lowest BCUT2D eigenvalue weighted by Crippen LogP contribution is -2.50. The lowest BCUT2D eigenvalue weighted by atomic mass is 9.88. The molecule has 0 N–H and O–H groups in total. The summed E-state index contributed by atoms with van der Waals surface area (Å²) < 4.78 is 18.3. The molecule has 116 valence electrons. The zero-order valence-corrected chi connectivity index (χ0v) is 13.1. The molecule has 0 bridgehead atoms. The molecule has 0 saturated carbocycles. The lowest BCUT2D eigenvalue weighted by Gasteiger charge is -2.41. The monoisotopic (exact) mass is 294 g/mol. The highest BCUT2D eigenvalue weighted by Gasteiger charge is 2.37. The molecule has 1 aromatic carbocycles. The Morgan fingerprint density at radius 2 is 1.86 bits per heavy atom. The van der Waals surface area contributed by atoms with Gasteiger partial charge in [-0.3, -0.25) is 9.69 Å². The summed E-state index contributed by atoms with van der Waals surface area (Å²) in [6.45, 7) is 4.15. The Kier molecular flexibility index (Phi) is 4.64. The van der Waals surface area contributed by atoms with E-state index in [1.807, 2.05) is 26.0 Å². The Balaban J connectivity index is 2.13. The van der Waals surface area contributed by atoms with Crippen LogP contribution in [0.15, 0.2) is 24.3 Å². The Morgan fingerprint density at radius 1 is 1.29 bits per heavy atom. The van der Waals surface area contributed by atoms with E-state index >= 15 is 0 Å². The van der Waals surface area contributed by atoms with Gasteiger partial charge >= 0.3 is 0 Å². The molecule has 1 fully saturated rings. The SMILES string of the molecule is CN(CC1(C)COC1)C(=O)[C@@H](c1ccc(F)cc1)N(C)C. The van der Waals surface area contributed by atoms with Crippen molar-refractivity contribution in [3.63, 3.8) is 0 Å². The minimum atomic E-state index is -0.403. The molecule has 0 radical (unpaired) electrons. The molecule has 0 aromatic heterocycles. The molecular weight excluding hydrogens is 271 g/mol. The standard InChI is InChI=1S/C16H23FN2O2/c1-16(10-21-11-16)9-19(4)15(20)14(18(2)3)12-5-7-13(17)8-6-12/h5-8,14H,9-11H2,1-4H3/t14-/m1/s1. The van der Waals surface area contributed by atoms with Gasteiger partial charge in [0.05, 0.1) is 13.2 Å². The second-order valence-corrected chi connectivity index (χ2v) is 6.42. The van der Waals surface area contributed by atoms with Crippen LogP contribution in [0.5, 0.6) is 0 Å². The summed E-state index contributed by atoms with van der Waals surface area (Å²) in [5.41, 5.74) is 0.845. The summed E-state index contributed by atoms with van der Waals surface area (Å²) in [6, 6.07) is 5.71. The summed E-state index contributed by atoms with van der Waals surface area (Å²) in [7, 11) is 5.52. The van der Waals surface area contributed by atoms with Crippen molar-refractivity contribution < 1.29 is 13.9 Å². The quantitative estimate of drug-likeness (QED) is 0.832. The first-order chi connectivity index (χ1) is 9.82. The van der Waals surface area contributed by atoms with Crippen molar-refractivity contribution in [1.29, 1.82) is 0 Å². The predicted octanol–water partition coefficient (Wildman–Crippen LogP) is 1.92. The molecule has 0 aliphatic carbocycles. The van der Waals surface area contributed by atoms with E-state index in [4.69, 9.17) is 4.74 Å². The van der Waals surface area contributed by atoms with Crippen molar-refractivity contribution in [2.24, 2.45) is 5.41 Å². The number of halogens is 1. The van der Waals surface area contributed by atoms with E-state index in [1.54, 1.807) is 17.0 Å². The second kappa shape index (κ2) is 6.12. The van der Waals surface area contributed by atoms with Gasteiger partial charge in [0.15, 0.2) is 0 Å². The Bertz CT molecular complexity index is 498. The molecule has 1 amide bonds. The van der Waals surface area contributed by atoms with Crippen LogP contribution in [0.25, 0.3) is 0 Å². The zero-order valence-electron chi connectivity index (χ0n) is 13.1. The van der Waals surface area contributed by atoms with Crippen LogP contribution in [-0.4, -0.2) is 56.6 Å². The molecule has 1 aliphatic heterocycles. The number of likely N-dealkylation sites (N-methyl/N-ethyl adjacent to an activating group) is 2. The molecular formula is C16H23FN2O2. The highest BCUT2D eigenvalue weighted by atomic mass is 19.1. The molecule has 4 nitrogen and oxygen atoms in total. The van der Waals surface area contributed by atoms with Gasteiger partial charge in [0.25, 0.3) is 0 Å². The Labute approximate surface area is 125 Å². The molecule has 2 rings (SSSR count). The highest BCUT2D eigenvalue weighted by molar-refractivity contribution is 5.83. The highest BCUT2D eigenvalue weighted by Crippen LogP contribution is 2.29. The topological polar surface area (TPSA) is 32.8 Å². The van der Waals surface area contributed by atoms with E-state index in [2.05, 4.69) is 6.92 Å². The minimum Gasteiger partial charge on any atom is -0.380 e. The summed E-state index contributed by atoms with van der Waals surface area (Å²) >= 11 is 0. The largest absolute Gasteiger partial charge is 0.380 e. The van der Waals surface area contributed by atoms with Gasteiger partial charge < -0.3 is 9.64 Å². The van der Waals surface area contributed by atoms with Gasteiger partial charge in [0.2, 0.25) is 5.91 Å². The van der Waals surface area contributed by atoms with Crippen molar-refractivity contribution >= 4 is 5.91 Å². The van der Waals surface area contributed by atoms with Crippen LogP contribution in [0.4, 0.5) is 4.39 Å². The number of rotatable bonds is 5. The fourth-order valence-corrected chi connectivity index (χ4v) is 2.71.